The average Bonchev–Trinajstić information content (AvgIpc) is 3.02. The van der Waals surface area contributed by atoms with E-state index >= 15 is 0 Å². The zero-order valence-corrected chi connectivity index (χ0v) is 13.6. The Morgan fingerprint density at radius 2 is 2.30 bits per heavy atom. The van der Waals surface area contributed by atoms with E-state index in [4.69, 9.17) is 4.74 Å². The second-order valence-corrected chi connectivity index (χ2v) is 6.14. The summed E-state index contributed by atoms with van der Waals surface area (Å²) in [5, 5.41) is 4.35. The van der Waals surface area contributed by atoms with E-state index in [1.807, 2.05) is 18.5 Å². The van der Waals surface area contributed by atoms with Gasteiger partial charge in [0.15, 0.2) is 0 Å². The molecule has 0 aliphatic carbocycles. The third kappa shape index (κ3) is 4.39. The Morgan fingerprint density at radius 3 is 3.13 bits per heavy atom. The summed E-state index contributed by atoms with van der Waals surface area (Å²) < 4.78 is 20.9. The molecule has 0 amide bonds. The van der Waals surface area contributed by atoms with Gasteiger partial charge < -0.3 is 4.74 Å². The maximum absolute atomic E-state index is 13.3. The number of halogens is 1. The van der Waals surface area contributed by atoms with E-state index in [1.165, 1.54) is 18.6 Å². The summed E-state index contributed by atoms with van der Waals surface area (Å²) in [6, 6.07) is 6.49. The zero-order valence-electron chi connectivity index (χ0n) is 13.6. The predicted octanol–water partition coefficient (Wildman–Crippen LogP) is 3.40. The minimum atomic E-state index is -0.244. The van der Waals surface area contributed by atoms with Crippen molar-refractivity contribution >= 4 is 0 Å². The molecular formula is C18H24FN3O. The second-order valence-electron chi connectivity index (χ2n) is 6.14. The van der Waals surface area contributed by atoms with Gasteiger partial charge in [-0.05, 0) is 44.0 Å². The van der Waals surface area contributed by atoms with Gasteiger partial charge in [0.05, 0.1) is 18.0 Å². The maximum Gasteiger partial charge on any atom is 0.125 e. The first-order chi connectivity index (χ1) is 11.2. The Hall–Kier alpha value is -1.72. The van der Waals surface area contributed by atoms with E-state index < -0.39 is 0 Å². The Morgan fingerprint density at radius 1 is 1.39 bits per heavy atom. The van der Waals surface area contributed by atoms with Crippen LogP contribution < -0.4 is 0 Å². The van der Waals surface area contributed by atoms with E-state index in [2.05, 4.69) is 16.9 Å². The molecule has 0 bridgehead atoms. The van der Waals surface area contributed by atoms with Crippen LogP contribution in [0.2, 0.25) is 0 Å². The molecule has 1 aromatic heterocycles. The molecule has 124 valence electrons. The summed E-state index contributed by atoms with van der Waals surface area (Å²) in [5.41, 5.74) is 1.89. The van der Waals surface area contributed by atoms with Gasteiger partial charge in [0.1, 0.15) is 5.82 Å². The summed E-state index contributed by atoms with van der Waals surface area (Å²) in [6.45, 7) is 5.92. The zero-order chi connectivity index (χ0) is 16.1. The van der Waals surface area contributed by atoms with Crippen LogP contribution in [0, 0.1) is 5.82 Å². The van der Waals surface area contributed by atoms with Crippen molar-refractivity contribution in [2.24, 2.45) is 0 Å². The standard InChI is InChI=1S/C18H24FN3O/c1-2-9-23-18-7-4-8-21(14-18)12-15-11-20-22(13-15)17-6-3-5-16(19)10-17/h3,5-6,10-11,13,18H,2,4,7-9,12,14H2,1H3/t18-/m1/s1. The number of nitrogens with zero attached hydrogens (tertiary/aromatic N) is 3. The highest BCUT2D eigenvalue weighted by Gasteiger charge is 2.20. The molecule has 5 heteroatoms. The molecule has 0 unspecified atom stereocenters. The smallest absolute Gasteiger partial charge is 0.125 e. The van der Waals surface area contributed by atoms with Crippen LogP contribution in [0.3, 0.4) is 0 Å². The molecule has 1 aliphatic heterocycles. The van der Waals surface area contributed by atoms with Crippen LogP contribution >= 0.6 is 0 Å². The number of hydrogen-bond donors (Lipinski definition) is 0. The van der Waals surface area contributed by atoms with Crippen molar-refractivity contribution in [1.82, 2.24) is 14.7 Å². The average molecular weight is 317 g/mol. The highest BCUT2D eigenvalue weighted by atomic mass is 19.1. The van der Waals surface area contributed by atoms with Crippen molar-refractivity contribution in [3.8, 4) is 5.69 Å². The van der Waals surface area contributed by atoms with Crippen molar-refractivity contribution < 1.29 is 9.13 Å². The first-order valence-electron chi connectivity index (χ1n) is 8.38. The van der Waals surface area contributed by atoms with Gasteiger partial charge in [-0.3, -0.25) is 4.90 Å². The molecule has 0 radical (unpaired) electrons. The minimum Gasteiger partial charge on any atom is -0.377 e. The summed E-state index contributed by atoms with van der Waals surface area (Å²) >= 11 is 0. The Bertz CT molecular complexity index is 628. The number of hydrogen-bond acceptors (Lipinski definition) is 3. The van der Waals surface area contributed by atoms with E-state index in [-0.39, 0.29) is 5.82 Å². The molecule has 1 aromatic carbocycles. The summed E-state index contributed by atoms with van der Waals surface area (Å²) in [7, 11) is 0. The van der Waals surface area contributed by atoms with Crippen LogP contribution in [0.1, 0.15) is 31.7 Å². The molecule has 2 heterocycles. The number of likely N-dealkylation sites (tertiary alicyclic amines) is 1. The van der Waals surface area contributed by atoms with Gasteiger partial charge in [0.2, 0.25) is 0 Å². The van der Waals surface area contributed by atoms with Gasteiger partial charge in [0, 0.05) is 31.5 Å². The van der Waals surface area contributed by atoms with Gasteiger partial charge in [-0.2, -0.15) is 5.10 Å². The SMILES string of the molecule is CCCO[C@@H]1CCCN(Cc2cnn(-c3cccc(F)c3)c2)C1. The van der Waals surface area contributed by atoms with E-state index in [9.17, 15) is 4.39 Å². The third-order valence-electron chi connectivity index (χ3n) is 4.13. The van der Waals surface area contributed by atoms with Crippen molar-refractivity contribution in [3.63, 3.8) is 0 Å². The van der Waals surface area contributed by atoms with Crippen LogP contribution in [-0.4, -0.2) is 40.5 Å². The molecule has 1 atom stereocenters. The van der Waals surface area contributed by atoms with Crippen molar-refractivity contribution in [2.45, 2.75) is 38.8 Å². The Labute approximate surface area is 136 Å². The van der Waals surface area contributed by atoms with Crippen molar-refractivity contribution in [1.29, 1.82) is 0 Å². The number of piperidine rings is 1. The Kier molecular flexibility index (Phi) is 5.41. The maximum atomic E-state index is 13.3. The molecule has 2 aromatic rings. The second kappa shape index (κ2) is 7.70. The summed E-state index contributed by atoms with van der Waals surface area (Å²) in [4.78, 5) is 2.41. The highest BCUT2D eigenvalue weighted by molar-refractivity contribution is 5.31. The van der Waals surface area contributed by atoms with Gasteiger partial charge in [0.25, 0.3) is 0 Å². The number of aromatic nitrogens is 2. The van der Waals surface area contributed by atoms with E-state index in [1.54, 1.807) is 10.7 Å². The molecule has 0 saturated carbocycles. The van der Waals surface area contributed by atoms with Crippen LogP contribution in [0.15, 0.2) is 36.7 Å². The summed E-state index contributed by atoms with van der Waals surface area (Å²) in [5.74, 6) is -0.244. The van der Waals surface area contributed by atoms with Crippen LogP contribution in [0.25, 0.3) is 5.69 Å². The lowest BCUT2D eigenvalue weighted by atomic mass is 10.1. The normalized spacial score (nSPS) is 19.1. The van der Waals surface area contributed by atoms with Gasteiger partial charge in [-0.25, -0.2) is 9.07 Å². The fourth-order valence-electron chi connectivity index (χ4n) is 3.04. The molecule has 23 heavy (non-hydrogen) atoms. The van der Waals surface area contributed by atoms with Crippen LogP contribution in [-0.2, 0) is 11.3 Å². The Balaban J connectivity index is 1.60. The third-order valence-corrected chi connectivity index (χ3v) is 4.13. The van der Waals surface area contributed by atoms with Gasteiger partial charge in [-0.1, -0.05) is 13.0 Å². The molecule has 1 saturated heterocycles. The van der Waals surface area contributed by atoms with Crippen molar-refractivity contribution in [2.75, 3.05) is 19.7 Å². The van der Waals surface area contributed by atoms with Gasteiger partial charge >= 0.3 is 0 Å². The monoisotopic (exact) mass is 317 g/mol. The minimum absolute atomic E-state index is 0.244. The van der Waals surface area contributed by atoms with Crippen LogP contribution in [0.4, 0.5) is 4.39 Å². The molecule has 0 N–H and O–H groups in total. The first-order valence-corrected chi connectivity index (χ1v) is 8.38. The summed E-state index contributed by atoms with van der Waals surface area (Å²) in [6.07, 6.45) is 7.58. The predicted molar refractivity (Wildman–Crippen MR) is 88.1 cm³/mol. The van der Waals surface area contributed by atoms with Gasteiger partial charge in [-0.15, -0.1) is 0 Å². The lowest BCUT2D eigenvalue weighted by Crippen LogP contribution is -2.39. The largest absolute Gasteiger partial charge is 0.377 e. The van der Waals surface area contributed by atoms with Crippen LogP contribution in [0.5, 0.6) is 0 Å². The highest BCUT2D eigenvalue weighted by Crippen LogP contribution is 2.17. The van der Waals surface area contributed by atoms with Crippen molar-refractivity contribution in [3.05, 3.63) is 48.0 Å². The molecule has 1 aliphatic rings. The number of benzene rings is 1. The number of ether oxygens (including phenoxy) is 1. The molecular weight excluding hydrogens is 293 g/mol. The molecule has 0 spiro atoms. The number of rotatable bonds is 6. The van der Waals surface area contributed by atoms with E-state index in [0.717, 1.165) is 50.3 Å². The molecule has 3 rings (SSSR count). The quantitative estimate of drug-likeness (QED) is 0.818. The van der Waals surface area contributed by atoms with E-state index in [0.29, 0.717) is 6.10 Å². The molecule has 4 nitrogen and oxygen atoms in total. The topological polar surface area (TPSA) is 30.3 Å². The fraction of sp³-hybridized carbons (Fsp3) is 0.500. The molecule has 1 fully saturated rings. The fourth-order valence-corrected chi connectivity index (χ4v) is 3.04. The lowest BCUT2D eigenvalue weighted by Gasteiger charge is -2.32. The lowest BCUT2D eigenvalue weighted by molar-refractivity contribution is -0.00223. The first kappa shape index (κ1) is 16.1.